The zero-order chi connectivity index (χ0) is 50.1. The molecule has 0 fully saturated rings. The summed E-state index contributed by atoms with van der Waals surface area (Å²) in [7, 11) is 0. The van der Waals surface area contributed by atoms with Crippen molar-refractivity contribution < 1.29 is 43.2 Å². The van der Waals surface area contributed by atoms with Crippen LogP contribution in [0.25, 0.3) is 0 Å². The second kappa shape index (κ2) is 47.5. The zero-order valence-corrected chi connectivity index (χ0v) is 44.0. The number of aliphatic hydroxyl groups excluding tert-OH is 1. The average molecular weight is 963 g/mol. The fourth-order valence-electron chi connectivity index (χ4n) is 7.89. The highest BCUT2D eigenvalue weighted by Crippen LogP contribution is 2.28. The predicted octanol–water partition coefficient (Wildman–Crippen LogP) is 17.1. The van der Waals surface area contributed by atoms with E-state index in [0.29, 0.717) is 19.3 Å². The van der Waals surface area contributed by atoms with E-state index in [0.717, 1.165) is 135 Å². The van der Waals surface area contributed by atoms with E-state index in [9.17, 15) is 24.3 Å². The van der Waals surface area contributed by atoms with Crippen molar-refractivity contribution in [2.75, 3.05) is 6.61 Å². The quantitative estimate of drug-likeness (QED) is 0.0275. The number of carbonyl (C=O) groups is 4. The number of cyclic esters (lactones) is 1. The van der Waals surface area contributed by atoms with Crippen LogP contribution in [0.2, 0.25) is 0 Å². The lowest BCUT2D eigenvalue weighted by atomic mass is 10.1. The predicted molar refractivity (Wildman–Crippen MR) is 285 cm³/mol. The molecule has 0 aromatic heterocycles. The summed E-state index contributed by atoms with van der Waals surface area (Å²) in [5.74, 6) is -3.99. The molecular weight excluding hydrogens is 865 g/mol. The number of aliphatic hydroxyl groups is 1. The van der Waals surface area contributed by atoms with Crippen LogP contribution in [0.3, 0.4) is 0 Å². The van der Waals surface area contributed by atoms with Gasteiger partial charge in [0.05, 0.1) is 0 Å². The van der Waals surface area contributed by atoms with Gasteiger partial charge in [-0.3, -0.25) is 14.4 Å². The van der Waals surface area contributed by atoms with Crippen LogP contribution in [-0.4, -0.2) is 47.8 Å². The minimum atomic E-state index is -1.43. The molecule has 0 amide bonds. The Morgan fingerprint density at radius 1 is 0.464 bits per heavy atom. The van der Waals surface area contributed by atoms with E-state index in [4.69, 9.17) is 18.9 Å². The number of unbranched alkanes of at least 4 members (excludes halogenated alkanes) is 24. The van der Waals surface area contributed by atoms with Gasteiger partial charge in [-0.25, -0.2) is 4.79 Å². The number of allylic oxidation sites excluding steroid dienone is 12. The first-order valence-electron chi connectivity index (χ1n) is 27.9. The molecule has 1 aliphatic rings. The highest BCUT2D eigenvalue weighted by Gasteiger charge is 2.45. The number of esters is 4. The molecule has 0 bridgehead atoms. The van der Waals surface area contributed by atoms with E-state index in [-0.39, 0.29) is 19.3 Å². The van der Waals surface area contributed by atoms with Crippen LogP contribution in [-0.2, 0) is 38.1 Å². The lowest BCUT2D eigenvalue weighted by Crippen LogP contribution is -2.38. The molecular formula is C60H98O9. The van der Waals surface area contributed by atoms with Crippen molar-refractivity contribution in [2.45, 2.75) is 264 Å². The minimum absolute atomic E-state index is 0.0853. The van der Waals surface area contributed by atoms with Crippen LogP contribution < -0.4 is 0 Å². The second-order valence-corrected chi connectivity index (χ2v) is 18.7. The third-order valence-electron chi connectivity index (χ3n) is 12.2. The van der Waals surface area contributed by atoms with Crippen molar-refractivity contribution in [3.63, 3.8) is 0 Å². The van der Waals surface area contributed by atoms with Crippen molar-refractivity contribution in [2.24, 2.45) is 0 Å². The lowest BCUT2D eigenvalue weighted by molar-refractivity contribution is -0.172. The minimum Gasteiger partial charge on any atom is -0.499 e. The van der Waals surface area contributed by atoms with E-state index in [1.807, 2.05) is 0 Å². The Kier molecular flexibility index (Phi) is 43.3. The highest BCUT2D eigenvalue weighted by molar-refractivity contribution is 5.90. The fourth-order valence-corrected chi connectivity index (χ4v) is 7.89. The van der Waals surface area contributed by atoms with Crippen molar-refractivity contribution >= 4 is 23.9 Å². The van der Waals surface area contributed by atoms with Gasteiger partial charge in [0.1, 0.15) is 6.61 Å². The first-order chi connectivity index (χ1) is 33.8. The Morgan fingerprint density at radius 2 is 0.797 bits per heavy atom. The number of rotatable bonds is 47. The van der Waals surface area contributed by atoms with Crippen molar-refractivity contribution in [1.29, 1.82) is 0 Å². The first kappa shape index (κ1) is 62.9. The summed E-state index contributed by atoms with van der Waals surface area (Å²) in [6, 6.07) is 0. The molecule has 1 aliphatic heterocycles. The Hall–Kier alpha value is -4.14. The van der Waals surface area contributed by atoms with E-state index in [1.165, 1.54) is 57.8 Å². The molecule has 0 saturated heterocycles. The molecule has 0 aromatic rings. The molecule has 1 heterocycles. The number of ether oxygens (including phenoxy) is 4. The Labute approximate surface area is 420 Å². The molecule has 0 saturated carbocycles. The molecule has 0 radical (unpaired) electrons. The maximum atomic E-state index is 13.2. The van der Waals surface area contributed by atoms with Crippen LogP contribution in [0, 0.1) is 0 Å². The average Bonchev–Trinajstić information content (AvgIpc) is 3.62. The summed E-state index contributed by atoms with van der Waals surface area (Å²) in [5, 5.41) is 10.7. The van der Waals surface area contributed by atoms with E-state index >= 15 is 0 Å². The normalized spacial score (nSPS) is 14.8. The highest BCUT2D eigenvalue weighted by atomic mass is 16.6. The van der Waals surface area contributed by atoms with Crippen LogP contribution in [0.5, 0.6) is 0 Å². The molecule has 1 rings (SSSR count). The monoisotopic (exact) mass is 963 g/mol. The Balaban J connectivity index is 2.60. The second-order valence-electron chi connectivity index (χ2n) is 18.7. The summed E-state index contributed by atoms with van der Waals surface area (Å²) < 4.78 is 22.3. The molecule has 0 aromatic carbocycles. The molecule has 69 heavy (non-hydrogen) atoms. The van der Waals surface area contributed by atoms with Gasteiger partial charge in [-0.2, -0.15) is 0 Å². The van der Waals surface area contributed by atoms with Crippen molar-refractivity contribution in [1.82, 2.24) is 0 Å². The third-order valence-corrected chi connectivity index (χ3v) is 12.2. The maximum Gasteiger partial charge on any atom is 0.378 e. The summed E-state index contributed by atoms with van der Waals surface area (Å²) in [5.41, 5.74) is 0. The molecule has 0 aliphatic carbocycles. The Bertz CT molecular complexity index is 1520. The molecule has 392 valence electrons. The van der Waals surface area contributed by atoms with Crippen LogP contribution in [0.15, 0.2) is 84.4 Å². The third kappa shape index (κ3) is 38.3. The standard InChI is InChI=1S/C60H98O9/c1-4-7-10-13-16-19-22-25-28-31-34-37-40-43-46-49-54(61)66-52-53(67-55(62)50-47-44-41-38-35-32-29-26-23-20-17-14-11-8-5-2)58-59(57(64)60(65)69-58)68-56(63)51-48-45-42-39-36-33-30-27-24-21-18-15-12-9-6-3/h16-21,25-30,53,58,64H,4-15,22-24,31-52H2,1-3H3/b19-16-,20-17-,21-18-,28-25-,29-26-,30-27-/t53-,58+/m0/s1. The van der Waals surface area contributed by atoms with Gasteiger partial charge in [0.25, 0.3) is 0 Å². The molecule has 9 nitrogen and oxygen atoms in total. The summed E-state index contributed by atoms with van der Waals surface area (Å²) in [6.07, 6.45) is 59.4. The SMILES string of the molecule is CCCCC/C=C\C/C=C\CCCCCCCC(=O)OC[C@H](OC(=O)CCCCCCC/C=C\C/C=C\CCCCC)[C@H]1OC(=O)C(O)=C1OC(=O)CCCCCCC/C=C\C/C=C\CCCCC. The Morgan fingerprint density at radius 3 is 1.19 bits per heavy atom. The maximum absolute atomic E-state index is 13.2. The smallest absolute Gasteiger partial charge is 0.378 e. The largest absolute Gasteiger partial charge is 0.499 e. The van der Waals surface area contributed by atoms with E-state index in [1.54, 1.807) is 0 Å². The molecule has 2 atom stereocenters. The molecule has 1 N–H and O–H groups in total. The van der Waals surface area contributed by atoms with Gasteiger partial charge in [0, 0.05) is 19.3 Å². The molecule has 9 heteroatoms. The van der Waals surface area contributed by atoms with Gasteiger partial charge < -0.3 is 24.1 Å². The summed E-state index contributed by atoms with van der Waals surface area (Å²) >= 11 is 0. The van der Waals surface area contributed by atoms with Crippen LogP contribution in [0.1, 0.15) is 252 Å². The lowest BCUT2D eigenvalue weighted by Gasteiger charge is -2.24. The van der Waals surface area contributed by atoms with Crippen LogP contribution in [0.4, 0.5) is 0 Å². The van der Waals surface area contributed by atoms with E-state index < -0.39 is 54.2 Å². The van der Waals surface area contributed by atoms with Gasteiger partial charge in [0.15, 0.2) is 6.10 Å². The topological polar surface area (TPSA) is 125 Å². The van der Waals surface area contributed by atoms with Gasteiger partial charge >= 0.3 is 23.9 Å². The number of carbonyl (C=O) groups excluding carboxylic acids is 4. The van der Waals surface area contributed by atoms with Gasteiger partial charge in [0.2, 0.25) is 17.6 Å². The van der Waals surface area contributed by atoms with Crippen molar-refractivity contribution in [3.8, 4) is 0 Å². The van der Waals surface area contributed by atoms with Crippen LogP contribution >= 0.6 is 0 Å². The first-order valence-corrected chi connectivity index (χ1v) is 27.9. The number of hydrogen-bond donors (Lipinski definition) is 1. The summed E-state index contributed by atoms with van der Waals surface area (Å²) in [6.45, 7) is 6.25. The van der Waals surface area contributed by atoms with Crippen molar-refractivity contribution in [3.05, 3.63) is 84.4 Å². The molecule has 0 unspecified atom stereocenters. The number of hydrogen-bond acceptors (Lipinski definition) is 9. The summed E-state index contributed by atoms with van der Waals surface area (Å²) in [4.78, 5) is 51.6. The van der Waals surface area contributed by atoms with Gasteiger partial charge in [-0.15, -0.1) is 0 Å². The van der Waals surface area contributed by atoms with Gasteiger partial charge in [-0.1, -0.05) is 190 Å². The van der Waals surface area contributed by atoms with Gasteiger partial charge in [-0.05, 0) is 116 Å². The molecule has 0 spiro atoms. The van der Waals surface area contributed by atoms with E-state index in [2.05, 4.69) is 93.7 Å². The zero-order valence-electron chi connectivity index (χ0n) is 44.0. The fraction of sp³-hybridized carbons (Fsp3) is 0.700.